The zero-order chi connectivity index (χ0) is 14.4. The first-order valence-electron chi connectivity index (χ1n) is 7.77. The highest BCUT2D eigenvalue weighted by atomic mass is 16.5. The Bertz CT molecular complexity index is 409. The summed E-state index contributed by atoms with van der Waals surface area (Å²) >= 11 is 0. The number of hydrogen-bond acceptors (Lipinski definition) is 3. The molecule has 0 saturated heterocycles. The molecule has 3 nitrogen and oxygen atoms in total. The zero-order valence-electron chi connectivity index (χ0n) is 13.1. The van der Waals surface area contributed by atoms with Crippen molar-refractivity contribution in [3.63, 3.8) is 0 Å². The highest BCUT2D eigenvalue weighted by Crippen LogP contribution is 2.29. The Labute approximate surface area is 123 Å². The molecule has 1 aliphatic rings. The number of rotatable bonds is 5. The fourth-order valence-corrected chi connectivity index (χ4v) is 2.98. The van der Waals surface area contributed by atoms with Crippen LogP contribution in [0.15, 0.2) is 18.2 Å². The van der Waals surface area contributed by atoms with E-state index in [4.69, 9.17) is 4.74 Å². The second-order valence-corrected chi connectivity index (χ2v) is 6.11. The van der Waals surface area contributed by atoms with Crippen molar-refractivity contribution in [2.75, 3.05) is 26.5 Å². The van der Waals surface area contributed by atoms with Gasteiger partial charge in [-0.15, -0.1) is 0 Å². The van der Waals surface area contributed by atoms with Crippen LogP contribution in [-0.2, 0) is 6.54 Å². The number of ether oxygens (including phenoxy) is 1. The molecule has 20 heavy (non-hydrogen) atoms. The largest absolute Gasteiger partial charge is 0.495 e. The van der Waals surface area contributed by atoms with Crippen LogP contribution in [0.4, 0.5) is 5.69 Å². The maximum atomic E-state index is 5.50. The van der Waals surface area contributed by atoms with Gasteiger partial charge in [-0.3, -0.25) is 0 Å². The lowest BCUT2D eigenvalue weighted by atomic mass is 10.1. The van der Waals surface area contributed by atoms with Gasteiger partial charge in [0.2, 0.25) is 0 Å². The number of nitrogens with zero attached hydrogens (tertiary/aromatic N) is 1. The number of methoxy groups -OCH3 is 1. The summed E-state index contributed by atoms with van der Waals surface area (Å²) in [6.07, 6.45) is 8.02. The van der Waals surface area contributed by atoms with E-state index in [1.807, 2.05) is 0 Å². The average Bonchev–Trinajstić information content (AvgIpc) is 2.67. The van der Waals surface area contributed by atoms with Crippen LogP contribution in [0.5, 0.6) is 5.75 Å². The molecule has 2 rings (SSSR count). The molecule has 3 heteroatoms. The van der Waals surface area contributed by atoms with E-state index in [9.17, 15) is 0 Å². The third kappa shape index (κ3) is 4.41. The van der Waals surface area contributed by atoms with Gasteiger partial charge in [0.05, 0.1) is 12.8 Å². The highest BCUT2D eigenvalue weighted by Gasteiger charge is 2.14. The van der Waals surface area contributed by atoms with E-state index in [-0.39, 0.29) is 0 Å². The first-order chi connectivity index (χ1) is 9.69. The molecule has 1 aliphatic carbocycles. The van der Waals surface area contributed by atoms with Gasteiger partial charge in [-0.25, -0.2) is 0 Å². The van der Waals surface area contributed by atoms with Crippen molar-refractivity contribution in [2.24, 2.45) is 0 Å². The molecular formula is C17H28N2O. The van der Waals surface area contributed by atoms with E-state index in [2.05, 4.69) is 42.5 Å². The summed E-state index contributed by atoms with van der Waals surface area (Å²) in [5.41, 5.74) is 2.48. The van der Waals surface area contributed by atoms with Gasteiger partial charge in [0.25, 0.3) is 0 Å². The minimum Gasteiger partial charge on any atom is -0.495 e. The molecule has 0 amide bonds. The Kier molecular flexibility index (Phi) is 5.72. The van der Waals surface area contributed by atoms with Gasteiger partial charge >= 0.3 is 0 Å². The predicted molar refractivity (Wildman–Crippen MR) is 85.5 cm³/mol. The second kappa shape index (κ2) is 7.53. The van der Waals surface area contributed by atoms with E-state index in [1.165, 1.54) is 44.1 Å². The second-order valence-electron chi connectivity index (χ2n) is 6.11. The summed E-state index contributed by atoms with van der Waals surface area (Å²) in [6, 6.07) is 7.07. The molecule has 0 atom stereocenters. The average molecular weight is 276 g/mol. The van der Waals surface area contributed by atoms with Crippen LogP contribution in [0.3, 0.4) is 0 Å². The molecule has 0 aromatic heterocycles. The molecule has 0 bridgehead atoms. The van der Waals surface area contributed by atoms with Crippen LogP contribution >= 0.6 is 0 Å². The van der Waals surface area contributed by atoms with Crippen molar-refractivity contribution in [3.8, 4) is 5.75 Å². The molecule has 1 N–H and O–H groups in total. The normalized spacial score (nSPS) is 17.0. The summed E-state index contributed by atoms with van der Waals surface area (Å²) in [6.45, 7) is 0.962. The maximum Gasteiger partial charge on any atom is 0.141 e. The Morgan fingerprint density at radius 3 is 2.45 bits per heavy atom. The molecule has 0 unspecified atom stereocenters. The lowest BCUT2D eigenvalue weighted by Crippen LogP contribution is -2.19. The summed E-state index contributed by atoms with van der Waals surface area (Å²) < 4.78 is 5.50. The maximum absolute atomic E-state index is 5.50. The van der Waals surface area contributed by atoms with E-state index in [0.717, 1.165) is 18.0 Å². The Morgan fingerprint density at radius 1 is 1.15 bits per heavy atom. The van der Waals surface area contributed by atoms with E-state index in [0.29, 0.717) is 6.04 Å². The molecular weight excluding hydrogens is 248 g/mol. The number of hydrogen-bond donors (Lipinski definition) is 1. The molecule has 112 valence electrons. The predicted octanol–water partition coefficient (Wildman–Crippen LogP) is 3.89. The molecule has 0 aliphatic heterocycles. The first kappa shape index (κ1) is 15.2. The Hall–Kier alpha value is -1.22. The van der Waals surface area contributed by atoms with Crippen molar-refractivity contribution >= 4 is 5.69 Å². The highest BCUT2D eigenvalue weighted by molar-refractivity contribution is 5.58. The SMILES string of the molecule is COc1ccc(CN(C)C)cc1NC1CCCCCC1. The van der Waals surface area contributed by atoms with E-state index < -0.39 is 0 Å². The van der Waals surface area contributed by atoms with Gasteiger partial charge < -0.3 is 15.0 Å². The van der Waals surface area contributed by atoms with Gasteiger partial charge in [-0.1, -0.05) is 31.7 Å². The number of anilines is 1. The van der Waals surface area contributed by atoms with Gasteiger partial charge in [0.1, 0.15) is 5.75 Å². The van der Waals surface area contributed by atoms with Crippen LogP contribution in [-0.4, -0.2) is 32.1 Å². The first-order valence-corrected chi connectivity index (χ1v) is 7.77. The number of nitrogens with one attached hydrogen (secondary N) is 1. The van der Waals surface area contributed by atoms with Gasteiger partial charge in [-0.2, -0.15) is 0 Å². The molecule has 0 heterocycles. The van der Waals surface area contributed by atoms with Crippen molar-refractivity contribution < 1.29 is 4.74 Å². The third-order valence-corrected chi connectivity index (χ3v) is 3.98. The molecule has 1 aromatic rings. The zero-order valence-corrected chi connectivity index (χ0v) is 13.1. The van der Waals surface area contributed by atoms with Crippen LogP contribution in [0.1, 0.15) is 44.1 Å². The fourth-order valence-electron chi connectivity index (χ4n) is 2.98. The fraction of sp³-hybridized carbons (Fsp3) is 0.647. The molecule has 0 spiro atoms. The number of benzene rings is 1. The van der Waals surface area contributed by atoms with Crippen LogP contribution in [0.25, 0.3) is 0 Å². The van der Waals surface area contributed by atoms with Crippen molar-refractivity contribution in [2.45, 2.75) is 51.1 Å². The molecule has 0 radical (unpaired) electrons. The Balaban J connectivity index is 2.10. The lowest BCUT2D eigenvalue weighted by Gasteiger charge is -2.21. The van der Waals surface area contributed by atoms with Gasteiger partial charge in [-0.05, 0) is 44.6 Å². The molecule has 1 fully saturated rings. The quantitative estimate of drug-likeness (QED) is 0.826. The summed E-state index contributed by atoms with van der Waals surface area (Å²) in [5.74, 6) is 0.955. The minimum atomic E-state index is 0.598. The minimum absolute atomic E-state index is 0.598. The monoisotopic (exact) mass is 276 g/mol. The van der Waals surface area contributed by atoms with Crippen LogP contribution < -0.4 is 10.1 Å². The van der Waals surface area contributed by atoms with E-state index >= 15 is 0 Å². The van der Waals surface area contributed by atoms with Gasteiger partial charge in [0, 0.05) is 12.6 Å². The summed E-state index contributed by atoms with van der Waals surface area (Å²) in [5, 5.41) is 3.71. The summed E-state index contributed by atoms with van der Waals surface area (Å²) in [4.78, 5) is 2.19. The van der Waals surface area contributed by atoms with Crippen LogP contribution in [0, 0.1) is 0 Å². The van der Waals surface area contributed by atoms with Crippen molar-refractivity contribution in [3.05, 3.63) is 23.8 Å². The van der Waals surface area contributed by atoms with Crippen LogP contribution in [0.2, 0.25) is 0 Å². The van der Waals surface area contributed by atoms with Crippen molar-refractivity contribution in [1.82, 2.24) is 4.90 Å². The molecule has 1 saturated carbocycles. The summed E-state index contributed by atoms with van der Waals surface area (Å²) in [7, 11) is 5.95. The lowest BCUT2D eigenvalue weighted by molar-refractivity contribution is 0.400. The smallest absolute Gasteiger partial charge is 0.141 e. The molecule has 1 aromatic carbocycles. The third-order valence-electron chi connectivity index (χ3n) is 3.98. The van der Waals surface area contributed by atoms with Gasteiger partial charge in [0.15, 0.2) is 0 Å². The topological polar surface area (TPSA) is 24.5 Å². The van der Waals surface area contributed by atoms with E-state index in [1.54, 1.807) is 7.11 Å². The standard InChI is InChI=1S/C17H28N2O/c1-19(2)13-14-10-11-17(20-3)16(12-14)18-15-8-6-4-5-7-9-15/h10-12,15,18H,4-9,13H2,1-3H3. The Morgan fingerprint density at radius 2 is 1.85 bits per heavy atom. The van der Waals surface area contributed by atoms with Crippen molar-refractivity contribution in [1.29, 1.82) is 0 Å².